The highest BCUT2D eigenvalue weighted by atomic mass is 19.1. The van der Waals surface area contributed by atoms with E-state index in [1.165, 1.54) is 12.1 Å². The quantitative estimate of drug-likeness (QED) is 0.779. The van der Waals surface area contributed by atoms with E-state index in [-0.39, 0.29) is 18.3 Å². The summed E-state index contributed by atoms with van der Waals surface area (Å²) in [5.41, 5.74) is -0.959. The second kappa shape index (κ2) is 6.22. The minimum absolute atomic E-state index is 0.0310. The van der Waals surface area contributed by atoms with Crippen molar-refractivity contribution in [2.45, 2.75) is 38.3 Å². The van der Waals surface area contributed by atoms with Gasteiger partial charge in [-0.1, -0.05) is 12.1 Å². The molecule has 0 aliphatic heterocycles. The van der Waals surface area contributed by atoms with Gasteiger partial charge in [0.2, 0.25) is 0 Å². The SMILES string of the molecule is CCOC(=O)C(C)(COc1ccccc1F)NC1CC1. The molecule has 0 bridgehead atoms. The normalized spacial score (nSPS) is 17.4. The number of ether oxygens (including phenoxy) is 2. The Hall–Kier alpha value is -1.62. The van der Waals surface area contributed by atoms with Crippen LogP contribution in [0.5, 0.6) is 5.75 Å². The molecule has 1 aliphatic carbocycles. The summed E-state index contributed by atoms with van der Waals surface area (Å²) in [6.07, 6.45) is 2.07. The molecule has 4 nitrogen and oxygen atoms in total. The van der Waals surface area contributed by atoms with Gasteiger partial charge in [0, 0.05) is 6.04 Å². The summed E-state index contributed by atoms with van der Waals surface area (Å²) >= 11 is 0. The molecular formula is C15H20FNO3. The van der Waals surface area contributed by atoms with Crippen LogP contribution in [-0.4, -0.2) is 30.8 Å². The summed E-state index contributed by atoms with van der Waals surface area (Å²) in [5, 5.41) is 3.22. The highest BCUT2D eigenvalue weighted by Gasteiger charge is 2.40. The topological polar surface area (TPSA) is 47.6 Å². The highest BCUT2D eigenvalue weighted by Crippen LogP contribution is 2.24. The number of carbonyl (C=O) groups is 1. The van der Waals surface area contributed by atoms with Crippen LogP contribution < -0.4 is 10.1 Å². The lowest BCUT2D eigenvalue weighted by Gasteiger charge is -2.28. The third-order valence-corrected chi connectivity index (χ3v) is 3.18. The largest absolute Gasteiger partial charge is 0.488 e. The zero-order valence-corrected chi connectivity index (χ0v) is 11.8. The van der Waals surface area contributed by atoms with E-state index in [1.807, 2.05) is 0 Å². The van der Waals surface area contributed by atoms with E-state index >= 15 is 0 Å². The van der Waals surface area contributed by atoms with Crippen LogP contribution in [0.25, 0.3) is 0 Å². The van der Waals surface area contributed by atoms with Gasteiger partial charge in [0.05, 0.1) is 6.61 Å². The van der Waals surface area contributed by atoms with E-state index in [2.05, 4.69) is 5.32 Å². The van der Waals surface area contributed by atoms with E-state index in [9.17, 15) is 9.18 Å². The van der Waals surface area contributed by atoms with Crippen LogP contribution in [0.15, 0.2) is 24.3 Å². The Balaban J connectivity index is 2.03. The van der Waals surface area contributed by atoms with Crippen molar-refractivity contribution in [3.8, 4) is 5.75 Å². The van der Waals surface area contributed by atoms with E-state index in [0.717, 1.165) is 12.8 Å². The van der Waals surface area contributed by atoms with Crippen molar-refractivity contribution in [3.05, 3.63) is 30.1 Å². The standard InChI is InChI=1S/C15H20FNO3/c1-3-19-14(18)15(2,17-11-8-9-11)10-20-13-7-5-4-6-12(13)16/h4-7,11,17H,3,8-10H2,1-2H3. The third-order valence-electron chi connectivity index (χ3n) is 3.18. The highest BCUT2D eigenvalue weighted by molar-refractivity contribution is 5.80. The number of nitrogens with one attached hydrogen (secondary N) is 1. The molecule has 0 saturated heterocycles. The predicted molar refractivity (Wildman–Crippen MR) is 73.1 cm³/mol. The van der Waals surface area contributed by atoms with E-state index in [4.69, 9.17) is 9.47 Å². The van der Waals surface area contributed by atoms with Crippen molar-refractivity contribution in [3.63, 3.8) is 0 Å². The number of hydrogen-bond donors (Lipinski definition) is 1. The van der Waals surface area contributed by atoms with Crippen LogP contribution in [0.2, 0.25) is 0 Å². The Morgan fingerprint density at radius 2 is 2.15 bits per heavy atom. The number of carbonyl (C=O) groups excluding carboxylic acids is 1. The molecule has 2 rings (SSSR count). The lowest BCUT2D eigenvalue weighted by molar-refractivity contribution is -0.152. The fourth-order valence-corrected chi connectivity index (χ4v) is 1.91. The molecule has 1 fully saturated rings. The molecule has 1 aliphatic rings. The first-order valence-corrected chi connectivity index (χ1v) is 6.87. The molecule has 0 amide bonds. The van der Waals surface area contributed by atoms with Gasteiger partial charge in [0.15, 0.2) is 11.6 Å². The van der Waals surface area contributed by atoms with E-state index < -0.39 is 11.4 Å². The molecule has 1 atom stereocenters. The number of rotatable bonds is 7. The summed E-state index contributed by atoms with van der Waals surface area (Å²) in [6, 6.07) is 6.46. The Labute approximate surface area is 118 Å². The van der Waals surface area contributed by atoms with Gasteiger partial charge < -0.3 is 9.47 Å². The lowest BCUT2D eigenvalue weighted by Crippen LogP contribution is -2.55. The van der Waals surface area contributed by atoms with Crippen LogP contribution in [0, 0.1) is 5.82 Å². The first-order valence-electron chi connectivity index (χ1n) is 6.87. The summed E-state index contributed by atoms with van der Waals surface area (Å²) in [4.78, 5) is 12.1. The minimum atomic E-state index is -0.959. The average molecular weight is 281 g/mol. The summed E-state index contributed by atoms with van der Waals surface area (Å²) in [6.45, 7) is 3.82. The molecule has 5 heteroatoms. The number of hydrogen-bond acceptors (Lipinski definition) is 4. The molecule has 1 N–H and O–H groups in total. The van der Waals surface area contributed by atoms with Crippen molar-refractivity contribution >= 4 is 5.97 Å². The van der Waals surface area contributed by atoms with Gasteiger partial charge in [0.25, 0.3) is 0 Å². The first-order chi connectivity index (χ1) is 9.55. The van der Waals surface area contributed by atoms with E-state index in [0.29, 0.717) is 12.6 Å². The number of esters is 1. The van der Waals surface area contributed by atoms with Gasteiger partial charge in [-0.15, -0.1) is 0 Å². The molecular weight excluding hydrogens is 261 g/mol. The average Bonchev–Trinajstić information content (AvgIpc) is 3.22. The number of para-hydroxylation sites is 1. The molecule has 1 saturated carbocycles. The Kier molecular flexibility index (Phi) is 4.60. The van der Waals surface area contributed by atoms with Gasteiger partial charge >= 0.3 is 5.97 Å². The van der Waals surface area contributed by atoms with Gasteiger partial charge in [0.1, 0.15) is 12.1 Å². The summed E-state index contributed by atoms with van der Waals surface area (Å²) < 4.78 is 24.1. The van der Waals surface area contributed by atoms with Crippen molar-refractivity contribution in [1.82, 2.24) is 5.32 Å². The molecule has 110 valence electrons. The molecule has 0 spiro atoms. The van der Waals surface area contributed by atoms with Gasteiger partial charge in [-0.2, -0.15) is 0 Å². The van der Waals surface area contributed by atoms with E-state index in [1.54, 1.807) is 26.0 Å². The van der Waals surface area contributed by atoms with Crippen molar-refractivity contribution in [2.24, 2.45) is 0 Å². The zero-order chi connectivity index (χ0) is 14.6. The fourth-order valence-electron chi connectivity index (χ4n) is 1.91. The van der Waals surface area contributed by atoms with Crippen LogP contribution in [0.4, 0.5) is 4.39 Å². The number of halogens is 1. The molecule has 1 aromatic carbocycles. The number of benzene rings is 1. The second-order valence-electron chi connectivity index (χ2n) is 5.19. The predicted octanol–water partition coefficient (Wildman–Crippen LogP) is 2.28. The van der Waals surface area contributed by atoms with Gasteiger partial charge in [-0.3, -0.25) is 5.32 Å². The molecule has 0 heterocycles. The van der Waals surface area contributed by atoms with Crippen molar-refractivity contribution in [1.29, 1.82) is 0 Å². The maximum Gasteiger partial charge on any atom is 0.329 e. The Morgan fingerprint density at radius 3 is 2.75 bits per heavy atom. The fraction of sp³-hybridized carbons (Fsp3) is 0.533. The first kappa shape index (κ1) is 14.8. The molecule has 0 radical (unpaired) electrons. The zero-order valence-electron chi connectivity index (χ0n) is 11.8. The monoisotopic (exact) mass is 281 g/mol. The molecule has 0 aromatic heterocycles. The van der Waals surface area contributed by atoms with Crippen LogP contribution >= 0.6 is 0 Å². The molecule has 1 unspecified atom stereocenters. The second-order valence-corrected chi connectivity index (χ2v) is 5.19. The smallest absolute Gasteiger partial charge is 0.329 e. The maximum absolute atomic E-state index is 13.5. The third kappa shape index (κ3) is 3.70. The van der Waals surface area contributed by atoms with Gasteiger partial charge in [-0.25, -0.2) is 9.18 Å². The maximum atomic E-state index is 13.5. The Morgan fingerprint density at radius 1 is 1.45 bits per heavy atom. The minimum Gasteiger partial charge on any atom is -0.488 e. The summed E-state index contributed by atoms with van der Waals surface area (Å²) in [5.74, 6) is -0.672. The lowest BCUT2D eigenvalue weighted by atomic mass is 10.0. The molecule has 20 heavy (non-hydrogen) atoms. The van der Waals surface area contributed by atoms with Crippen LogP contribution in [0.1, 0.15) is 26.7 Å². The van der Waals surface area contributed by atoms with Gasteiger partial charge in [-0.05, 0) is 38.8 Å². The Bertz CT molecular complexity index is 476. The van der Waals surface area contributed by atoms with Crippen LogP contribution in [0.3, 0.4) is 0 Å². The molecule has 1 aromatic rings. The summed E-state index contributed by atoms with van der Waals surface area (Å²) in [7, 11) is 0. The van der Waals surface area contributed by atoms with Crippen LogP contribution in [-0.2, 0) is 9.53 Å². The van der Waals surface area contributed by atoms with Crippen molar-refractivity contribution in [2.75, 3.05) is 13.2 Å². The van der Waals surface area contributed by atoms with Crippen molar-refractivity contribution < 1.29 is 18.7 Å².